The molecule has 5 heterocycles. The van der Waals surface area contributed by atoms with Crippen molar-refractivity contribution in [3.63, 3.8) is 0 Å². The topological polar surface area (TPSA) is 20.3 Å². The lowest BCUT2D eigenvalue weighted by Gasteiger charge is -2.05. The van der Waals surface area contributed by atoms with Gasteiger partial charge in [-0.2, -0.15) is 0 Å². The van der Waals surface area contributed by atoms with Crippen LogP contribution in [0.1, 0.15) is 36.1 Å². The first kappa shape index (κ1) is 17.6. The number of rotatable bonds is 2. The van der Waals surface area contributed by atoms with Crippen LogP contribution in [0.4, 0.5) is 0 Å². The van der Waals surface area contributed by atoms with Crippen molar-refractivity contribution in [1.29, 1.82) is 0 Å². The fourth-order valence-corrected chi connectivity index (χ4v) is 9.24. The summed E-state index contributed by atoms with van der Waals surface area (Å²) in [7, 11) is 1.89. The largest absolute Gasteiger partial charge is 0.337 e. The van der Waals surface area contributed by atoms with Gasteiger partial charge in [-0.3, -0.25) is 4.79 Å². The van der Waals surface area contributed by atoms with E-state index in [1.165, 1.54) is 56.0 Å². The van der Waals surface area contributed by atoms with Crippen LogP contribution in [0.2, 0.25) is 0 Å². The fraction of sp³-hybridized carbons (Fsp3) is 0.286. The lowest BCUT2D eigenvalue weighted by Crippen LogP contribution is -2.17. The molecule has 6 heteroatoms. The molecule has 0 aromatic carbocycles. The van der Waals surface area contributed by atoms with Gasteiger partial charge >= 0.3 is 0 Å². The summed E-state index contributed by atoms with van der Waals surface area (Å²) in [6, 6.07) is 4.61. The molecule has 1 aliphatic rings. The molecule has 0 bridgehead atoms. The number of thiophene rings is 4. The minimum Gasteiger partial charge on any atom is -0.337 e. The standard InChI is InChI=1S/C21H19NOS4/c1-9-6-11(3)24-16(9)17-10(2)7-14(26-17)19-20-15(12(4)25-19)13-8-22(5)21(23)18(13)27-20/h6-7H,8H2,1-5H3. The predicted octanol–water partition coefficient (Wildman–Crippen LogP) is 7.24. The van der Waals surface area contributed by atoms with Gasteiger partial charge in [-0.05, 0) is 51.0 Å². The zero-order valence-corrected chi connectivity index (χ0v) is 19.1. The van der Waals surface area contributed by atoms with Crippen molar-refractivity contribution in [3.8, 4) is 19.5 Å². The van der Waals surface area contributed by atoms with Gasteiger partial charge in [0, 0.05) is 48.9 Å². The summed E-state index contributed by atoms with van der Waals surface area (Å²) in [5.74, 6) is 0.175. The zero-order chi connectivity index (χ0) is 19.0. The van der Waals surface area contributed by atoms with Crippen LogP contribution >= 0.6 is 45.3 Å². The highest BCUT2D eigenvalue weighted by Gasteiger charge is 2.32. The molecule has 138 valence electrons. The van der Waals surface area contributed by atoms with E-state index >= 15 is 0 Å². The second-order valence-corrected chi connectivity index (χ2v) is 11.8. The van der Waals surface area contributed by atoms with Crippen LogP contribution in [-0.4, -0.2) is 17.9 Å². The Morgan fingerprint density at radius 2 is 1.56 bits per heavy atom. The number of amides is 1. The summed E-state index contributed by atoms with van der Waals surface area (Å²) in [6.07, 6.45) is 0. The molecular formula is C21H19NOS4. The maximum atomic E-state index is 12.4. The molecule has 0 atom stereocenters. The van der Waals surface area contributed by atoms with Crippen molar-refractivity contribution < 1.29 is 4.79 Å². The van der Waals surface area contributed by atoms with Crippen LogP contribution in [0.25, 0.3) is 29.6 Å². The van der Waals surface area contributed by atoms with Gasteiger partial charge in [0.2, 0.25) is 0 Å². The summed E-state index contributed by atoms with van der Waals surface area (Å²) in [5, 5.41) is 1.32. The Bertz CT molecular complexity index is 1230. The van der Waals surface area contributed by atoms with E-state index < -0.39 is 0 Å². The number of aryl methyl sites for hydroxylation is 4. The first-order valence-corrected chi connectivity index (χ1v) is 12.1. The third-order valence-corrected chi connectivity index (χ3v) is 10.4. The Morgan fingerprint density at radius 3 is 2.26 bits per heavy atom. The van der Waals surface area contributed by atoms with E-state index in [2.05, 4.69) is 39.8 Å². The average Bonchev–Trinajstić information content (AvgIpc) is 3.35. The Kier molecular flexibility index (Phi) is 3.92. The molecule has 27 heavy (non-hydrogen) atoms. The molecule has 0 unspecified atom stereocenters. The van der Waals surface area contributed by atoms with Crippen LogP contribution in [0, 0.1) is 27.7 Å². The van der Waals surface area contributed by atoms with Gasteiger partial charge in [0.1, 0.15) is 0 Å². The normalized spacial score (nSPS) is 14.0. The summed E-state index contributed by atoms with van der Waals surface area (Å²) in [6.45, 7) is 9.54. The van der Waals surface area contributed by atoms with E-state index in [-0.39, 0.29) is 5.91 Å². The Labute approximate surface area is 174 Å². The molecule has 0 saturated carbocycles. The number of carbonyl (C=O) groups excluding carboxylic acids is 1. The van der Waals surface area contributed by atoms with Crippen LogP contribution in [0.15, 0.2) is 12.1 Å². The van der Waals surface area contributed by atoms with E-state index in [4.69, 9.17) is 0 Å². The van der Waals surface area contributed by atoms with Crippen molar-refractivity contribution in [2.45, 2.75) is 34.2 Å². The van der Waals surface area contributed by atoms with Crippen molar-refractivity contribution in [3.05, 3.63) is 43.5 Å². The molecule has 0 saturated heterocycles. The predicted molar refractivity (Wildman–Crippen MR) is 121 cm³/mol. The minimum atomic E-state index is 0.175. The first-order valence-electron chi connectivity index (χ1n) is 8.83. The minimum absolute atomic E-state index is 0.175. The van der Waals surface area contributed by atoms with E-state index in [0.29, 0.717) is 0 Å². The van der Waals surface area contributed by atoms with E-state index in [0.717, 1.165) is 11.4 Å². The van der Waals surface area contributed by atoms with Crippen LogP contribution in [-0.2, 0) is 6.54 Å². The Balaban J connectivity index is 1.69. The molecule has 0 aliphatic carbocycles. The maximum absolute atomic E-state index is 12.4. The average molecular weight is 430 g/mol. The highest BCUT2D eigenvalue weighted by molar-refractivity contribution is 7.31. The third-order valence-electron chi connectivity index (χ3n) is 5.15. The van der Waals surface area contributed by atoms with E-state index in [1.807, 2.05) is 46.0 Å². The summed E-state index contributed by atoms with van der Waals surface area (Å²) < 4.78 is 1.30. The van der Waals surface area contributed by atoms with Crippen LogP contribution in [0.3, 0.4) is 0 Å². The summed E-state index contributed by atoms with van der Waals surface area (Å²) in [4.78, 5) is 23.4. The van der Waals surface area contributed by atoms with E-state index in [1.54, 1.807) is 11.3 Å². The molecule has 0 fully saturated rings. The highest BCUT2D eigenvalue weighted by Crippen LogP contribution is 2.51. The molecular weight excluding hydrogens is 411 g/mol. The van der Waals surface area contributed by atoms with Gasteiger partial charge in [-0.15, -0.1) is 45.3 Å². The smallest absolute Gasteiger partial charge is 0.264 e. The lowest BCUT2D eigenvalue weighted by atomic mass is 10.1. The number of nitrogens with zero attached hydrogens (tertiary/aromatic N) is 1. The zero-order valence-electron chi connectivity index (χ0n) is 15.9. The molecule has 0 spiro atoms. The second-order valence-electron chi connectivity index (χ2n) is 7.25. The van der Waals surface area contributed by atoms with Crippen molar-refractivity contribution >= 4 is 61.3 Å². The molecule has 2 nitrogen and oxygen atoms in total. The number of carbonyl (C=O) groups is 1. The quantitative estimate of drug-likeness (QED) is 0.329. The van der Waals surface area contributed by atoms with Gasteiger partial charge in [0.05, 0.1) is 14.5 Å². The molecule has 0 N–H and O–H groups in total. The first-order chi connectivity index (χ1) is 12.8. The van der Waals surface area contributed by atoms with Crippen LogP contribution in [0.5, 0.6) is 0 Å². The van der Waals surface area contributed by atoms with Gasteiger partial charge in [0.25, 0.3) is 5.91 Å². The number of fused-ring (bicyclic) bond motifs is 3. The Hall–Kier alpha value is -1.47. The highest BCUT2D eigenvalue weighted by atomic mass is 32.1. The Morgan fingerprint density at radius 1 is 0.852 bits per heavy atom. The molecule has 0 radical (unpaired) electrons. The van der Waals surface area contributed by atoms with Gasteiger partial charge in [0.15, 0.2) is 0 Å². The fourth-order valence-electron chi connectivity index (χ4n) is 3.90. The molecule has 4 aromatic heterocycles. The SMILES string of the molecule is Cc1cc(C)c(-c2sc(-c3sc(C)c4c5c(sc34)C(=O)N(C)C5)cc2C)s1. The van der Waals surface area contributed by atoms with Crippen molar-refractivity contribution in [2.24, 2.45) is 0 Å². The van der Waals surface area contributed by atoms with Crippen molar-refractivity contribution in [1.82, 2.24) is 4.90 Å². The number of hydrogen-bond acceptors (Lipinski definition) is 5. The van der Waals surface area contributed by atoms with Gasteiger partial charge in [-0.25, -0.2) is 0 Å². The van der Waals surface area contributed by atoms with Crippen LogP contribution < -0.4 is 0 Å². The summed E-state index contributed by atoms with van der Waals surface area (Å²) >= 11 is 7.34. The van der Waals surface area contributed by atoms with Crippen molar-refractivity contribution in [2.75, 3.05) is 7.05 Å². The van der Waals surface area contributed by atoms with E-state index in [9.17, 15) is 4.79 Å². The monoisotopic (exact) mass is 429 g/mol. The molecule has 1 aliphatic heterocycles. The molecule has 4 aromatic rings. The van der Waals surface area contributed by atoms with Gasteiger partial charge < -0.3 is 4.90 Å². The maximum Gasteiger partial charge on any atom is 0.264 e. The lowest BCUT2D eigenvalue weighted by molar-refractivity contribution is 0.0820. The molecule has 1 amide bonds. The third kappa shape index (κ3) is 2.50. The molecule has 5 rings (SSSR count). The second kappa shape index (κ2) is 6.01. The summed E-state index contributed by atoms with van der Waals surface area (Å²) in [5.41, 5.74) is 3.95. The number of hydrogen-bond donors (Lipinski definition) is 0. The van der Waals surface area contributed by atoms with Gasteiger partial charge in [-0.1, -0.05) is 0 Å².